The first-order valence-electron chi connectivity index (χ1n) is 8.12. The van der Waals surface area contributed by atoms with E-state index in [0.29, 0.717) is 18.1 Å². The SMILES string of the molecule is Cc1cc(NC[C@H](c2ccc(F)cc2)N(C)C)n2nc(C(F)(F)F)nc2n1. The minimum Gasteiger partial charge on any atom is -0.368 e. The molecule has 144 valence electrons. The third-order valence-electron chi connectivity index (χ3n) is 4.05. The van der Waals surface area contributed by atoms with Crippen molar-refractivity contribution in [2.45, 2.75) is 19.1 Å². The van der Waals surface area contributed by atoms with Crippen molar-refractivity contribution in [3.8, 4) is 0 Å². The maximum atomic E-state index is 13.2. The van der Waals surface area contributed by atoms with E-state index < -0.39 is 12.0 Å². The average Bonchev–Trinajstić information content (AvgIpc) is 3.00. The molecular formula is C17H18F4N6. The van der Waals surface area contributed by atoms with Crippen molar-refractivity contribution in [2.75, 3.05) is 26.0 Å². The molecule has 3 aromatic rings. The molecule has 0 aliphatic rings. The molecule has 27 heavy (non-hydrogen) atoms. The van der Waals surface area contributed by atoms with Crippen LogP contribution in [0.3, 0.4) is 0 Å². The molecule has 6 nitrogen and oxygen atoms in total. The van der Waals surface area contributed by atoms with E-state index in [1.807, 2.05) is 19.0 Å². The molecule has 0 saturated heterocycles. The molecule has 0 radical (unpaired) electrons. The molecule has 0 fully saturated rings. The van der Waals surface area contributed by atoms with E-state index in [9.17, 15) is 17.6 Å². The highest BCUT2D eigenvalue weighted by Crippen LogP contribution is 2.27. The summed E-state index contributed by atoms with van der Waals surface area (Å²) >= 11 is 0. The van der Waals surface area contributed by atoms with Gasteiger partial charge in [0.05, 0.1) is 6.04 Å². The smallest absolute Gasteiger partial charge is 0.368 e. The molecule has 2 heterocycles. The molecule has 0 aliphatic heterocycles. The van der Waals surface area contributed by atoms with E-state index in [1.54, 1.807) is 25.1 Å². The van der Waals surface area contributed by atoms with Crippen LogP contribution in [-0.4, -0.2) is 45.1 Å². The fourth-order valence-corrected chi connectivity index (χ4v) is 2.72. The third-order valence-corrected chi connectivity index (χ3v) is 4.05. The first-order chi connectivity index (χ1) is 12.6. The highest BCUT2D eigenvalue weighted by Gasteiger charge is 2.36. The molecule has 1 atom stereocenters. The summed E-state index contributed by atoms with van der Waals surface area (Å²) in [7, 11) is 3.72. The Morgan fingerprint density at radius 2 is 1.81 bits per heavy atom. The topological polar surface area (TPSA) is 58.4 Å². The number of halogens is 4. The van der Waals surface area contributed by atoms with Crippen molar-refractivity contribution in [3.63, 3.8) is 0 Å². The number of fused-ring (bicyclic) bond motifs is 1. The predicted octanol–water partition coefficient (Wildman–Crippen LogP) is 3.31. The third kappa shape index (κ3) is 4.16. The first-order valence-corrected chi connectivity index (χ1v) is 8.12. The quantitative estimate of drug-likeness (QED) is 0.686. The van der Waals surface area contributed by atoms with Gasteiger partial charge >= 0.3 is 6.18 Å². The molecule has 0 unspecified atom stereocenters. The summed E-state index contributed by atoms with van der Waals surface area (Å²) in [6.07, 6.45) is -4.65. The Labute approximate surface area is 152 Å². The molecule has 0 amide bonds. The molecule has 0 spiro atoms. The van der Waals surface area contributed by atoms with Crippen LogP contribution in [0.2, 0.25) is 0 Å². The van der Waals surface area contributed by atoms with Gasteiger partial charge in [0.1, 0.15) is 11.6 Å². The summed E-state index contributed by atoms with van der Waals surface area (Å²) < 4.78 is 52.9. The Bertz CT molecular complexity index is 933. The molecule has 2 aromatic heterocycles. The van der Waals surface area contributed by atoms with Crippen LogP contribution in [0.1, 0.15) is 23.1 Å². The zero-order valence-electron chi connectivity index (χ0n) is 14.9. The van der Waals surface area contributed by atoms with Crippen molar-refractivity contribution in [2.24, 2.45) is 0 Å². The normalized spacial score (nSPS) is 13.3. The fourth-order valence-electron chi connectivity index (χ4n) is 2.72. The number of rotatable bonds is 5. The van der Waals surface area contributed by atoms with E-state index in [0.717, 1.165) is 10.1 Å². The van der Waals surface area contributed by atoms with Gasteiger partial charge in [-0.25, -0.2) is 9.37 Å². The van der Waals surface area contributed by atoms with Gasteiger partial charge < -0.3 is 10.2 Å². The summed E-state index contributed by atoms with van der Waals surface area (Å²) in [6, 6.07) is 7.54. The molecule has 1 aromatic carbocycles. The monoisotopic (exact) mass is 382 g/mol. The van der Waals surface area contributed by atoms with Crippen molar-refractivity contribution >= 4 is 11.6 Å². The zero-order chi connectivity index (χ0) is 19.8. The minimum atomic E-state index is -4.65. The molecule has 3 rings (SSSR count). The van der Waals surface area contributed by atoms with Crippen molar-refractivity contribution in [3.05, 3.63) is 53.2 Å². The maximum Gasteiger partial charge on any atom is 0.453 e. The molecular weight excluding hydrogens is 364 g/mol. The van der Waals surface area contributed by atoms with E-state index in [2.05, 4.69) is 20.4 Å². The molecule has 10 heteroatoms. The number of alkyl halides is 3. The second kappa shape index (κ2) is 7.10. The zero-order valence-corrected chi connectivity index (χ0v) is 14.9. The molecule has 0 bridgehead atoms. The van der Waals surface area contributed by atoms with Crippen LogP contribution in [0, 0.1) is 12.7 Å². The number of nitrogens with one attached hydrogen (secondary N) is 1. The number of aromatic nitrogens is 4. The first kappa shape index (κ1) is 19.0. The van der Waals surface area contributed by atoms with Gasteiger partial charge in [0.15, 0.2) is 0 Å². The lowest BCUT2D eigenvalue weighted by atomic mass is 10.1. The Balaban J connectivity index is 1.90. The number of anilines is 1. The van der Waals surface area contributed by atoms with Gasteiger partial charge in [-0.05, 0) is 38.7 Å². The maximum absolute atomic E-state index is 13.2. The van der Waals surface area contributed by atoms with Crippen LogP contribution in [0.4, 0.5) is 23.4 Å². The Morgan fingerprint density at radius 3 is 2.41 bits per heavy atom. The lowest BCUT2D eigenvalue weighted by molar-refractivity contribution is -0.144. The van der Waals surface area contributed by atoms with Crippen LogP contribution in [0.25, 0.3) is 5.78 Å². The number of nitrogens with zero attached hydrogens (tertiary/aromatic N) is 5. The van der Waals surface area contributed by atoms with Crippen LogP contribution in [0.15, 0.2) is 30.3 Å². The lowest BCUT2D eigenvalue weighted by Crippen LogP contribution is -2.27. The summed E-state index contributed by atoms with van der Waals surface area (Å²) in [6.45, 7) is 2.02. The van der Waals surface area contributed by atoms with Crippen molar-refractivity contribution in [1.82, 2.24) is 24.5 Å². The Kier molecular flexibility index (Phi) is 5.01. The van der Waals surface area contributed by atoms with Gasteiger partial charge in [-0.3, -0.25) is 0 Å². The van der Waals surface area contributed by atoms with Gasteiger partial charge in [0.2, 0.25) is 0 Å². The fraction of sp³-hybridized carbons (Fsp3) is 0.353. The van der Waals surface area contributed by atoms with Crippen molar-refractivity contribution < 1.29 is 17.6 Å². The van der Waals surface area contributed by atoms with Gasteiger partial charge in [-0.15, -0.1) is 5.10 Å². The summed E-state index contributed by atoms with van der Waals surface area (Å²) in [5.41, 5.74) is 1.37. The van der Waals surface area contributed by atoms with Crippen LogP contribution in [-0.2, 0) is 6.18 Å². The van der Waals surface area contributed by atoms with Crippen LogP contribution in [0.5, 0.6) is 0 Å². The second-order valence-electron chi connectivity index (χ2n) is 6.34. The standard InChI is InChI=1S/C17H18F4N6/c1-10-8-14(27-16(23-10)24-15(25-27)17(19,20)21)22-9-13(26(2)3)11-4-6-12(18)7-5-11/h4-8,13,22H,9H2,1-3H3/t13-/m1/s1. The van der Waals surface area contributed by atoms with E-state index >= 15 is 0 Å². The Hall–Kier alpha value is -2.75. The van der Waals surface area contributed by atoms with Gasteiger partial charge in [-0.2, -0.15) is 22.7 Å². The van der Waals surface area contributed by atoms with Gasteiger partial charge in [0, 0.05) is 18.3 Å². The van der Waals surface area contributed by atoms with E-state index in [4.69, 9.17) is 0 Å². The number of hydrogen-bond acceptors (Lipinski definition) is 5. The van der Waals surface area contributed by atoms with Gasteiger partial charge in [0.25, 0.3) is 11.6 Å². The number of likely N-dealkylation sites (N-methyl/N-ethyl adjacent to an activating group) is 1. The minimum absolute atomic E-state index is 0.131. The number of benzene rings is 1. The predicted molar refractivity (Wildman–Crippen MR) is 91.8 cm³/mol. The summed E-state index contributed by atoms with van der Waals surface area (Å²) in [5, 5.41) is 6.63. The number of hydrogen-bond donors (Lipinski definition) is 1. The van der Waals surface area contributed by atoms with Crippen LogP contribution < -0.4 is 5.32 Å². The second-order valence-corrected chi connectivity index (χ2v) is 6.34. The summed E-state index contributed by atoms with van der Waals surface area (Å²) in [5.74, 6) is -1.37. The highest BCUT2D eigenvalue weighted by atomic mass is 19.4. The molecule has 1 N–H and O–H groups in total. The van der Waals surface area contributed by atoms with Gasteiger partial charge in [-0.1, -0.05) is 12.1 Å². The average molecular weight is 382 g/mol. The molecule has 0 aliphatic carbocycles. The highest BCUT2D eigenvalue weighted by molar-refractivity contribution is 5.46. The number of aryl methyl sites for hydroxylation is 1. The lowest BCUT2D eigenvalue weighted by Gasteiger charge is -2.25. The van der Waals surface area contributed by atoms with E-state index in [1.165, 1.54) is 12.1 Å². The van der Waals surface area contributed by atoms with E-state index in [-0.39, 0.29) is 17.6 Å². The molecule has 0 saturated carbocycles. The van der Waals surface area contributed by atoms with Crippen molar-refractivity contribution in [1.29, 1.82) is 0 Å². The van der Waals surface area contributed by atoms with Crippen LogP contribution >= 0.6 is 0 Å². The largest absolute Gasteiger partial charge is 0.453 e. The summed E-state index contributed by atoms with van der Waals surface area (Å²) in [4.78, 5) is 9.38. The Morgan fingerprint density at radius 1 is 1.15 bits per heavy atom.